The lowest BCUT2D eigenvalue weighted by atomic mass is 9.97. The Kier molecular flexibility index (Phi) is 6.65. The molecule has 0 saturated heterocycles. The van der Waals surface area contributed by atoms with Gasteiger partial charge in [-0.15, -0.1) is 11.3 Å². The normalized spacial score (nSPS) is 12.8. The number of amides is 2. The number of thiophene rings is 1. The maximum atomic E-state index is 12.8. The monoisotopic (exact) mass is 456 g/mol. The van der Waals surface area contributed by atoms with Crippen molar-refractivity contribution in [3.8, 4) is 0 Å². The zero-order valence-electron chi connectivity index (χ0n) is 15.6. The van der Waals surface area contributed by atoms with Gasteiger partial charge >= 0.3 is 0 Å². The standard InChI is InChI=1S/C22H21BrN2O2S/c1-14-8-10-17(11-9-14)20(16-6-4-3-5-7-16)25-21(26)15(2)24-22(27)18-12-13-19(23)28-18/h3-13,15,20H,1-2H3,(H,24,27)(H,25,26). The molecule has 0 aliphatic rings. The molecular weight excluding hydrogens is 436 g/mol. The number of hydrogen-bond acceptors (Lipinski definition) is 3. The Morgan fingerprint density at radius 1 is 0.893 bits per heavy atom. The number of hydrogen-bond donors (Lipinski definition) is 2. The van der Waals surface area contributed by atoms with Crippen LogP contribution in [-0.4, -0.2) is 17.9 Å². The Hall–Kier alpha value is -2.44. The minimum absolute atomic E-state index is 0.238. The number of aryl methyl sites for hydroxylation is 1. The molecule has 0 aliphatic heterocycles. The molecule has 28 heavy (non-hydrogen) atoms. The Balaban J connectivity index is 1.75. The quantitative estimate of drug-likeness (QED) is 0.557. The average Bonchev–Trinajstić information content (AvgIpc) is 3.14. The van der Waals surface area contributed by atoms with Crippen LogP contribution in [0, 0.1) is 6.92 Å². The smallest absolute Gasteiger partial charge is 0.262 e. The van der Waals surface area contributed by atoms with Gasteiger partial charge in [-0.2, -0.15) is 0 Å². The van der Waals surface area contributed by atoms with Crippen LogP contribution in [0.4, 0.5) is 0 Å². The predicted octanol–water partition coefficient (Wildman–Crippen LogP) is 4.84. The van der Waals surface area contributed by atoms with Gasteiger partial charge in [-0.3, -0.25) is 9.59 Å². The fourth-order valence-electron chi connectivity index (χ4n) is 2.80. The van der Waals surface area contributed by atoms with Gasteiger partial charge in [0.1, 0.15) is 6.04 Å². The van der Waals surface area contributed by atoms with Crippen molar-refractivity contribution >= 4 is 39.1 Å². The SMILES string of the molecule is Cc1ccc(C(NC(=O)C(C)NC(=O)c2ccc(Br)s2)c2ccccc2)cc1. The molecule has 3 aromatic rings. The summed E-state index contributed by atoms with van der Waals surface area (Å²) in [5, 5.41) is 5.84. The van der Waals surface area contributed by atoms with Crippen LogP contribution in [0.15, 0.2) is 70.5 Å². The van der Waals surface area contributed by atoms with E-state index >= 15 is 0 Å². The summed E-state index contributed by atoms with van der Waals surface area (Å²) >= 11 is 4.68. The topological polar surface area (TPSA) is 58.2 Å². The number of nitrogens with one attached hydrogen (secondary N) is 2. The van der Waals surface area contributed by atoms with Crippen LogP contribution in [0.2, 0.25) is 0 Å². The van der Waals surface area contributed by atoms with E-state index in [1.165, 1.54) is 11.3 Å². The highest BCUT2D eigenvalue weighted by Crippen LogP contribution is 2.23. The van der Waals surface area contributed by atoms with E-state index in [-0.39, 0.29) is 17.9 Å². The van der Waals surface area contributed by atoms with Gasteiger partial charge in [0.15, 0.2) is 0 Å². The molecule has 2 N–H and O–H groups in total. The highest BCUT2D eigenvalue weighted by atomic mass is 79.9. The largest absolute Gasteiger partial charge is 0.343 e. The fraction of sp³-hybridized carbons (Fsp3) is 0.182. The average molecular weight is 457 g/mol. The molecular formula is C22H21BrN2O2S. The van der Waals surface area contributed by atoms with Crippen LogP contribution in [0.1, 0.15) is 39.3 Å². The van der Waals surface area contributed by atoms with Gasteiger partial charge in [-0.1, -0.05) is 60.2 Å². The van der Waals surface area contributed by atoms with Crippen LogP contribution in [0.5, 0.6) is 0 Å². The Morgan fingerprint density at radius 2 is 1.54 bits per heavy atom. The molecule has 0 bridgehead atoms. The third kappa shape index (κ3) is 5.09. The van der Waals surface area contributed by atoms with Crippen LogP contribution >= 0.6 is 27.3 Å². The van der Waals surface area contributed by atoms with E-state index in [1.54, 1.807) is 13.0 Å². The number of carbonyl (C=O) groups is 2. The van der Waals surface area contributed by atoms with Crippen LogP contribution in [-0.2, 0) is 4.79 Å². The Morgan fingerprint density at radius 3 is 2.14 bits per heavy atom. The lowest BCUT2D eigenvalue weighted by molar-refractivity contribution is -0.123. The van der Waals surface area contributed by atoms with Crippen molar-refractivity contribution in [2.75, 3.05) is 0 Å². The molecule has 2 aromatic carbocycles. The van der Waals surface area contributed by atoms with Gasteiger partial charge < -0.3 is 10.6 Å². The van der Waals surface area contributed by atoms with E-state index < -0.39 is 6.04 Å². The summed E-state index contributed by atoms with van der Waals surface area (Å²) in [6, 6.07) is 20.5. The molecule has 1 aromatic heterocycles. The van der Waals surface area contributed by atoms with Crippen LogP contribution in [0.3, 0.4) is 0 Å². The fourth-order valence-corrected chi connectivity index (χ4v) is 4.09. The minimum atomic E-state index is -0.662. The number of benzene rings is 2. The maximum Gasteiger partial charge on any atom is 0.262 e. The summed E-state index contributed by atoms with van der Waals surface area (Å²) in [7, 11) is 0. The predicted molar refractivity (Wildman–Crippen MR) is 117 cm³/mol. The molecule has 0 fully saturated rings. The first-order valence-electron chi connectivity index (χ1n) is 8.92. The molecule has 2 amide bonds. The van der Waals surface area contributed by atoms with Crippen molar-refractivity contribution < 1.29 is 9.59 Å². The summed E-state index contributed by atoms with van der Waals surface area (Å²) in [6.07, 6.45) is 0. The molecule has 0 spiro atoms. The van der Waals surface area contributed by atoms with Crippen molar-refractivity contribution in [2.24, 2.45) is 0 Å². The zero-order valence-corrected chi connectivity index (χ0v) is 18.0. The molecule has 4 nitrogen and oxygen atoms in total. The molecule has 2 atom stereocenters. The first-order chi connectivity index (χ1) is 13.4. The van der Waals surface area contributed by atoms with Crippen molar-refractivity contribution in [3.63, 3.8) is 0 Å². The lowest BCUT2D eigenvalue weighted by Gasteiger charge is -2.22. The molecule has 6 heteroatoms. The summed E-state index contributed by atoms with van der Waals surface area (Å²) in [4.78, 5) is 25.7. The minimum Gasteiger partial charge on any atom is -0.343 e. The van der Waals surface area contributed by atoms with Gasteiger partial charge in [-0.05, 0) is 53.0 Å². The molecule has 2 unspecified atom stereocenters. The lowest BCUT2D eigenvalue weighted by Crippen LogP contribution is -2.45. The van der Waals surface area contributed by atoms with Gasteiger partial charge in [-0.25, -0.2) is 0 Å². The molecule has 144 valence electrons. The van der Waals surface area contributed by atoms with Crippen LogP contribution in [0.25, 0.3) is 0 Å². The van der Waals surface area contributed by atoms with E-state index in [1.807, 2.05) is 67.6 Å². The van der Waals surface area contributed by atoms with Crippen molar-refractivity contribution in [2.45, 2.75) is 25.9 Å². The molecule has 0 saturated carbocycles. The third-order valence-electron chi connectivity index (χ3n) is 4.37. The van der Waals surface area contributed by atoms with Gasteiger partial charge in [0.25, 0.3) is 5.91 Å². The summed E-state index contributed by atoms with van der Waals surface area (Å²) in [6.45, 7) is 3.72. The zero-order chi connectivity index (χ0) is 20.1. The Bertz CT molecular complexity index is 954. The first kappa shape index (κ1) is 20.3. The van der Waals surface area contributed by atoms with E-state index in [0.29, 0.717) is 4.88 Å². The maximum absolute atomic E-state index is 12.8. The number of rotatable bonds is 6. The van der Waals surface area contributed by atoms with Gasteiger partial charge in [0.2, 0.25) is 5.91 Å². The molecule has 3 rings (SSSR count). The second-order valence-electron chi connectivity index (χ2n) is 6.56. The molecule has 1 heterocycles. The second-order valence-corrected chi connectivity index (χ2v) is 9.02. The van der Waals surface area contributed by atoms with Gasteiger partial charge in [0, 0.05) is 0 Å². The van der Waals surface area contributed by atoms with E-state index in [2.05, 4.69) is 26.6 Å². The number of carbonyl (C=O) groups excluding carboxylic acids is 2. The summed E-state index contributed by atoms with van der Waals surface area (Å²) in [5.74, 6) is -0.497. The van der Waals surface area contributed by atoms with Crippen molar-refractivity contribution in [3.05, 3.63) is 92.1 Å². The number of halogens is 1. The Labute approximate surface area is 177 Å². The van der Waals surface area contributed by atoms with E-state index in [4.69, 9.17) is 0 Å². The molecule has 0 radical (unpaired) electrons. The summed E-state index contributed by atoms with van der Waals surface area (Å²) in [5.41, 5.74) is 3.14. The van der Waals surface area contributed by atoms with E-state index in [9.17, 15) is 9.59 Å². The highest BCUT2D eigenvalue weighted by molar-refractivity contribution is 9.11. The summed E-state index contributed by atoms with van der Waals surface area (Å²) < 4.78 is 0.873. The molecule has 0 aliphatic carbocycles. The second kappa shape index (κ2) is 9.17. The van der Waals surface area contributed by atoms with E-state index in [0.717, 1.165) is 20.5 Å². The van der Waals surface area contributed by atoms with Crippen molar-refractivity contribution in [1.82, 2.24) is 10.6 Å². The van der Waals surface area contributed by atoms with Crippen molar-refractivity contribution in [1.29, 1.82) is 0 Å². The van der Waals surface area contributed by atoms with Crippen LogP contribution < -0.4 is 10.6 Å². The first-order valence-corrected chi connectivity index (χ1v) is 10.5. The van der Waals surface area contributed by atoms with Gasteiger partial charge in [0.05, 0.1) is 14.7 Å². The highest BCUT2D eigenvalue weighted by Gasteiger charge is 2.22. The third-order valence-corrected chi connectivity index (χ3v) is 5.99.